The van der Waals surface area contributed by atoms with E-state index in [2.05, 4.69) is 19.9 Å². The van der Waals surface area contributed by atoms with Crippen LogP contribution in [0.3, 0.4) is 0 Å². The Labute approximate surface area is 115 Å². The molecule has 0 aliphatic carbocycles. The van der Waals surface area contributed by atoms with Gasteiger partial charge < -0.3 is 9.47 Å². The van der Waals surface area contributed by atoms with Crippen molar-refractivity contribution >= 4 is 0 Å². The van der Waals surface area contributed by atoms with Crippen LogP contribution in [0.1, 0.15) is 25.8 Å². The molecule has 1 aliphatic heterocycles. The van der Waals surface area contributed by atoms with Crippen molar-refractivity contribution in [2.75, 3.05) is 19.8 Å². The van der Waals surface area contributed by atoms with E-state index in [-0.39, 0.29) is 0 Å². The predicted molar refractivity (Wildman–Crippen MR) is 74.0 cm³/mol. The average molecular weight is 259 g/mol. The first-order valence-electron chi connectivity index (χ1n) is 6.85. The fourth-order valence-electron chi connectivity index (χ4n) is 2.30. The van der Waals surface area contributed by atoms with E-state index in [1.54, 1.807) is 0 Å². The Balaban J connectivity index is 1.96. The van der Waals surface area contributed by atoms with Gasteiger partial charge in [0.15, 0.2) is 0 Å². The van der Waals surface area contributed by atoms with Crippen molar-refractivity contribution in [2.45, 2.75) is 26.7 Å². The summed E-state index contributed by atoms with van der Waals surface area (Å²) in [7, 11) is 0. The molecule has 1 aromatic carbocycles. The summed E-state index contributed by atoms with van der Waals surface area (Å²) in [5.74, 6) is 1.44. The van der Waals surface area contributed by atoms with Crippen molar-refractivity contribution in [2.24, 2.45) is 11.3 Å². The summed E-state index contributed by atoms with van der Waals surface area (Å²) in [6.45, 7) is 6.09. The molecule has 0 N–H and O–H groups in total. The van der Waals surface area contributed by atoms with E-state index in [0.29, 0.717) is 19.1 Å². The fraction of sp³-hybridized carbons (Fsp3) is 0.562. The number of para-hydroxylation sites is 1. The molecule has 19 heavy (non-hydrogen) atoms. The van der Waals surface area contributed by atoms with Crippen LogP contribution in [0.15, 0.2) is 24.3 Å². The lowest BCUT2D eigenvalue weighted by molar-refractivity contribution is 0.0686. The van der Waals surface area contributed by atoms with E-state index in [1.807, 2.05) is 24.3 Å². The normalized spacial score (nSPS) is 21.6. The maximum Gasteiger partial charge on any atom is 0.122 e. The number of fused-ring (bicyclic) bond motifs is 1. The van der Waals surface area contributed by atoms with Crippen LogP contribution in [-0.2, 0) is 11.2 Å². The van der Waals surface area contributed by atoms with Crippen molar-refractivity contribution in [3.63, 3.8) is 0 Å². The molecule has 102 valence electrons. The number of nitriles is 1. The van der Waals surface area contributed by atoms with E-state index in [1.165, 1.54) is 0 Å². The Morgan fingerprint density at radius 2 is 2.21 bits per heavy atom. The molecule has 1 heterocycles. The van der Waals surface area contributed by atoms with Gasteiger partial charge in [0, 0.05) is 13.2 Å². The van der Waals surface area contributed by atoms with Gasteiger partial charge in [-0.2, -0.15) is 5.26 Å². The standard InChI is InChI=1S/C16H21NO2/c1-13(2)10-18-8-7-16(11-17)9-14-5-3-4-6-15(14)19-12-16/h3-6,13H,7-10,12H2,1-2H3. The Morgan fingerprint density at radius 1 is 1.42 bits per heavy atom. The molecule has 1 aliphatic rings. The fourth-order valence-corrected chi connectivity index (χ4v) is 2.30. The Bertz CT molecular complexity index is 464. The molecule has 0 saturated heterocycles. The molecule has 0 bridgehead atoms. The SMILES string of the molecule is CC(C)COCCC1(C#N)COc2ccccc2C1. The zero-order valence-corrected chi connectivity index (χ0v) is 11.7. The molecule has 0 radical (unpaired) electrons. The van der Waals surface area contributed by atoms with Crippen LogP contribution in [0.2, 0.25) is 0 Å². The summed E-state index contributed by atoms with van der Waals surface area (Å²) in [6, 6.07) is 10.4. The lowest BCUT2D eigenvalue weighted by Crippen LogP contribution is -2.34. The monoisotopic (exact) mass is 259 g/mol. The summed E-state index contributed by atoms with van der Waals surface area (Å²) < 4.78 is 11.3. The number of hydrogen-bond donors (Lipinski definition) is 0. The Kier molecular flexibility index (Phi) is 4.44. The highest BCUT2D eigenvalue weighted by Crippen LogP contribution is 2.36. The number of hydrogen-bond acceptors (Lipinski definition) is 3. The number of rotatable bonds is 5. The minimum atomic E-state index is -0.439. The highest BCUT2D eigenvalue weighted by molar-refractivity contribution is 5.37. The molecule has 1 atom stereocenters. The van der Waals surface area contributed by atoms with Gasteiger partial charge >= 0.3 is 0 Å². The maximum absolute atomic E-state index is 9.49. The smallest absolute Gasteiger partial charge is 0.122 e. The van der Waals surface area contributed by atoms with E-state index in [9.17, 15) is 5.26 Å². The van der Waals surface area contributed by atoms with Gasteiger partial charge in [-0.3, -0.25) is 0 Å². The third kappa shape index (κ3) is 3.48. The van der Waals surface area contributed by atoms with Crippen LogP contribution in [0.25, 0.3) is 0 Å². The highest BCUT2D eigenvalue weighted by Gasteiger charge is 2.35. The Hall–Kier alpha value is -1.53. The van der Waals surface area contributed by atoms with Crippen molar-refractivity contribution in [3.8, 4) is 11.8 Å². The van der Waals surface area contributed by atoms with Crippen LogP contribution >= 0.6 is 0 Å². The second-order valence-electron chi connectivity index (χ2n) is 5.68. The summed E-state index contributed by atoms with van der Waals surface area (Å²) in [6.07, 6.45) is 1.48. The molecular weight excluding hydrogens is 238 g/mol. The number of ether oxygens (including phenoxy) is 2. The molecule has 0 aromatic heterocycles. The van der Waals surface area contributed by atoms with Crippen molar-refractivity contribution in [3.05, 3.63) is 29.8 Å². The molecule has 1 unspecified atom stereocenters. The van der Waals surface area contributed by atoms with Crippen molar-refractivity contribution < 1.29 is 9.47 Å². The van der Waals surface area contributed by atoms with Crippen LogP contribution in [0, 0.1) is 22.7 Å². The van der Waals surface area contributed by atoms with Gasteiger partial charge in [0.2, 0.25) is 0 Å². The molecule has 2 rings (SSSR count). The van der Waals surface area contributed by atoms with Gasteiger partial charge in [-0.05, 0) is 30.4 Å². The highest BCUT2D eigenvalue weighted by atomic mass is 16.5. The van der Waals surface area contributed by atoms with Gasteiger partial charge in [-0.25, -0.2) is 0 Å². The maximum atomic E-state index is 9.49. The zero-order valence-electron chi connectivity index (χ0n) is 11.7. The molecule has 0 fully saturated rings. The third-order valence-electron chi connectivity index (χ3n) is 3.42. The quantitative estimate of drug-likeness (QED) is 0.763. The van der Waals surface area contributed by atoms with E-state index in [4.69, 9.17) is 9.47 Å². The van der Waals surface area contributed by atoms with E-state index in [0.717, 1.165) is 30.8 Å². The first-order chi connectivity index (χ1) is 9.15. The minimum Gasteiger partial charge on any atom is -0.492 e. The number of nitrogens with zero attached hydrogens (tertiary/aromatic N) is 1. The molecule has 0 saturated carbocycles. The first kappa shape index (κ1) is 13.9. The second-order valence-corrected chi connectivity index (χ2v) is 5.68. The van der Waals surface area contributed by atoms with Gasteiger partial charge in [0.1, 0.15) is 12.4 Å². The average Bonchev–Trinajstić information content (AvgIpc) is 2.43. The van der Waals surface area contributed by atoms with Gasteiger partial charge in [0.05, 0.1) is 11.5 Å². The lowest BCUT2D eigenvalue weighted by Gasteiger charge is -2.32. The van der Waals surface area contributed by atoms with Crippen LogP contribution in [0.5, 0.6) is 5.75 Å². The van der Waals surface area contributed by atoms with Gasteiger partial charge in [-0.1, -0.05) is 32.0 Å². The first-order valence-corrected chi connectivity index (χ1v) is 6.85. The molecule has 0 spiro atoms. The molecule has 0 amide bonds. The lowest BCUT2D eigenvalue weighted by atomic mass is 9.79. The third-order valence-corrected chi connectivity index (χ3v) is 3.42. The minimum absolute atomic E-state index is 0.439. The van der Waals surface area contributed by atoms with Crippen LogP contribution < -0.4 is 4.74 Å². The Morgan fingerprint density at radius 3 is 2.95 bits per heavy atom. The molecular formula is C16H21NO2. The molecule has 1 aromatic rings. The van der Waals surface area contributed by atoms with Crippen LogP contribution in [-0.4, -0.2) is 19.8 Å². The van der Waals surface area contributed by atoms with E-state index >= 15 is 0 Å². The summed E-state index contributed by atoms with van der Waals surface area (Å²) >= 11 is 0. The topological polar surface area (TPSA) is 42.2 Å². The number of benzene rings is 1. The molecule has 3 nitrogen and oxygen atoms in total. The van der Waals surface area contributed by atoms with Gasteiger partial charge in [-0.15, -0.1) is 0 Å². The largest absolute Gasteiger partial charge is 0.492 e. The zero-order chi connectivity index (χ0) is 13.7. The van der Waals surface area contributed by atoms with E-state index < -0.39 is 5.41 Å². The summed E-state index contributed by atoms with van der Waals surface area (Å²) in [5, 5.41) is 9.49. The summed E-state index contributed by atoms with van der Waals surface area (Å²) in [4.78, 5) is 0. The predicted octanol–water partition coefficient (Wildman–Crippen LogP) is 3.19. The van der Waals surface area contributed by atoms with Crippen molar-refractivity contribution in [1.29, 1.82) is 5.26 Å². The van der Waals surface area contributed by atoms with Gasteiger partial charge in [0.25, 0.3) is 0 Å². The second kappa shape index (κ2) is 6.08. The van der Waals surface area contributed by atoms with Crippen molar-refractivity contribution in [1.82, 2.24) is 0 Å². The molecule has 3 heteroatoms. The summed E-state index contributed by atoms with van der Waals surface area (Å²) in [5.41, 5.74) is 0.685. The van der Waals surface area contributed by atoms with Crippen LogP contribution in [0.4, 0.5) is 0 Å².